The molecule has 0 heterocycles. The predicted molar refractivity (Wildman–Crippen MR) is 64.3 cm³/mol. The highest BCUT2D eigenvalue weighted by atomic mass is 35.5. The number of hydrogen-bond donors (Lipinski definition) is 1. The molecule has 0 bridgehead atoms. The Morgan fingerprint density at radius 3 is 3.00 bits per heavy atom. The van der Waals surface area contributed by atoms with Gasteiger partial charge in [0.15, 0.2) is 0 Å². The molecule has 1 rings (SSSR count). The van der Waals surface area contributed by atoms with E-state index in [1.807, 2.05) is 24.3 Å². The van der Waals surface area contributed by atoms with Crippen LogP contribution in [0.3, 0.4) is 0 Å². The molecule has 3 heteroatoms. The summed E-state index contributed by atoms with van der Waals surface area (Å²) in [7, 11) is 0. The Balaban J connectivity index is 2.10. The zero-order valence-electron chi connectivity index (χ0n) is 9.13. The number of nitrogens with one attached hydrogen (secondary N) is 1. The number of ether oxygens (including phenoxy) is 1. The molecule has 1 N–H and O–H groups in total. The fraction of sp³-hybridized carbons (Fsp3) is 0.500. The summed E-state index contributed by atoms with van der Waals surface area (Å²) in [5.41, 5.74) is 1.13. The molecule has 0 aliphatic heterocycles. The van der Waals surface area contributed by atoms with Gasteiger partial charge in [-0.05, 0) is 37.2 Å². The second kappa shape index (κ2) is 7.69. The lowest BCUT2D eigenvalue weighted by Crippen LogP contribution is -2.15. The number of halogens is 1. The van der Waals surface area contributed by atoms with Crippen LogP contribution in [0.4, 0.5) is 0 Å². The van der Waals surface area contributed by atoms with E-state index in [9.17, 15) is 0 Å². The summed E-state index contributed by atoms with van der Waals surface area (Å²) in [5, 5.41) is 4.02. The van der Waals surface area contributed by atoms with E-state index in [4.69, 9.17) is 16.3 Å². The van der Waals surface area contributed by atoms with Crippen molar-refractivity contribution >= 4 is 11.6 Å². The molecule has 0 radical (unpaired) electrons. The fourth-order valence-electron chi connectivity index (χ4n) is 1.29. The molecule has 0 atom stereocenters. The topological polar surface area (TPSA) is 21.3 Å². The van der Waals surface area contributed by atoms with Crippen LogP contribution < -0.4 is 5.32 Å². The number of benzene rings is 1. The van der Waals surface area contributed by atoms with Gasteiger partial charge >= 0.3 is 0 Å². The van der Waals surface area contributed by atoms with E-state index in [1.54, 1.807) is 0 Å². The van der Waals surface area contributed by atoms with E-state index in [0.717, 1.165) is 36.7 Å². The Morgan fingerprint density at radius 2 is 2.27 bits per heavy atom. The molecule has 1 aromatic carbocycles. The van der Waals surface area contributed by atoms with Gasteiger partial charge in [0.05, 0.1) is 6.61 Å². The van der Waals surface area contributed by atoms with Gasteiger partial charge in [0.2, 0.25) is 0 Å². The van der Waals surface area contributed by atoms with E-state index in [2.05, 4.69) is 12.2 Å². The zero-order valence-corrected chi connectivity index (χ0v) is 9.89. The highest BCUT2D eigenvalue weighted by molar-refractivity contribution is 6.30. The predicted octanol–water partition coefficient (Wildman–Crippen LogP) is 2.86. The zero-order chi connectivity index (χ0) is 10.9. The first-order chi connectivity index (χ1) is 7.33. The van der Waals surface area contributed by atoms with Gasteiger partial charge in [-0.3, -0.25) is 0 Å². The quantitative estimate of drug-likeness (QED) is 0.724. The van der Waals surface area contributed by atoms with Crippen LogP contribution >= 0.6 is 11.6 Å². The summed E-state index contributed by atoms with van der Waals surface area (Å²) in [6.07, 6.45) is 1.05. The second-order valence-electron chi connectivity index (χ2n) is 3.39. The van der Waals surface area contributed by atoms with Crippen LogP contribution in [0.25, 0.3) is 0 Å². The summed E-state index contributed by atoms with van der Waals surface area (Å²) >= 11 is 5.86. The van der Waals surface area contributed by atoms with Crippen molar-refractivity contribution in [1.29, 1.82) is 0 Å². The van der Waals surface area contributed by atoms with Crippen molar-refractivity contribution in [1.82, 2.24) is 5.32 Å². The lowest BCUT2D eigenvalue weighted by atomic mass is 10.2. The highest BCUT2D eigenvalue weighted by Crippen LogP contribution is 2.11. The van der Waals surface area contributed by atoms with E-state index in [0.29, 0.717) is 6.61 Å². The Hall–Kier alpha value is -0.570. The van der Waals surface area contributed by atoms with Crippen LogP contribution in [0.5, 0.6) is 0 Å². The largest absolute Gasteiger partial charge is 0.377 e. The van der Waals surface area contributed by atoms with Crippen molar-refractivity contribution in [3.8, 4) is 0 Å². The summed E-state index contributed by atoms with van der Waals surface area (Å²) < 4.78 is 5.52. The first-order valence-electron chi connectivity index (χ1n) is 5.36. The van der Waals surface area contributed by atoms with Gasteiger partial charge in [-0.25, -0.2) is 0 Å². The van der Waals surface area contributed by atoms with Crippen LogP contribution in [0, 0.1) is 0 Å². The van der Waals surface area contributed by atoms with Crippen molar-refractivity contribution in [2.24, 2.45) is 0 Å². The highest BCUT2D eigenvalue weighted by Gasteiger charge is 1.94. The van der Waals surface area contributed by atoms with Crippen molar-refractivity contribution in [2.45, 2.75) is 20.0 Å². The Bertz CT molecular complexity index is 278. The smallest absolute Gasteiger partial charge is 0.0717 e. The first-order valence-corrected chi connectivity index (χ1v) is 5.73. The van der Waals surface area contributed by atoms with Crippen LogP contribution in [0.2, 0.25) is 5.02 Å². The van der Waals surface area contributed by atoms with Crippen LogP contribution in [-0.2, 0) is 11.3 Å². The monoisotopic (exact) mass is 227 g/mol. The van der Waals surface area contributed by atoms with Crippen molar-refractivity contribution < 1.29 is 4.74 Å². The molecule has 0 aliphatic rings. The summed E-state index contributed by atoms with van der Waals surface area (Å²) in [5.74, 6) is 0. The molecular weight excluding hydrogens is 210 g/mol. The van der Waals surface area contributed by atoms with Crippen molar-refractivity contribution in [3.63, 3.8) is 0 Å². The van der Waals surface area contributed by atoms with Gasteiger partial charge in [-0.1, -0.05) is 30.7 Å². The summed E-state index contributed by atoms with van der Waals surface area (Å²) in [4.78, 5) is 0. The second-order valence-corrected chi connectivity index (χ2v) is 3.83. The molecule has 0 saturated carbocycles. The molecule has 0 spiro atoms. The molecule has 0 amide bonds. The molecule has 0 saturated heterocycles. The molecule has 0 unspecified atom stereocenters. The molecule has 0 aromatic heterocycles. The standard InChI is InChI=1S/C12H18ClNO/c1-2-14-7-4-8-15-10-11-5-3-6-12(13)9-11/h3,5-6,9,14H,2,4,7-8,10H2,1H3. The van der Waals surface area contributed by atoms with E-state index >= 15 is 0 Å². The van der Waals surface area contributed by atoms with Crippen molar-refractivity contribution in [2.75, 3.05) is 19.7 Å². The van der Waals surface area contributed by atoms with Crippen LogP contribution in [-0.4, -0.2) is 19.7 Å². The average Bonchev–Trinajstić information content (AvgIpc) is 2.23. The maximum absolute atomic E-state index is 5.86. The molecule has 1 aromatic rings. The fourth-order valence-corrected chi connectivity index (χ4v) is 1.51. The third kappa shape index (κ3) is 5.78. The summed E-state index contributed by atoms with van der Waals surface area (Å²) in [6.45, 7) is 5.58. The third-order valence-electron chi connectivity index (χ3n) is 2.05. The molecule has 15 heavy (non-hydrogen) atoms. The van der Waals surface area contributed by atoms with Gasteiger partial charge in [-0.2, -0.15) is 0 Å². The average molecular weight is 228 g/mol. The molecule has 84 valence electrons. The lowest BCUT2D eigenvalue weighted by Gasteiger charge is -2.05. The Morgan fingerprint density at radius 1 is 1.40 bits per heavy atom. The van der Waals surface area contributed by atoms with E-state index in [-0.39, 0.29) is 0 Å². The van der Waals surface area contributed by atoms with Crippen LogP contribution in [0.15, 0.2) is 24.3 Å². The lowest BCUT2D eigenvalue weighted by molar-refractivity contribution is 0.118. The normalized spacial score (nSPS) is 10.5. The van der Waals surface area contributed by atoms with Gasteiger partial charge < -0.3 is 10.1 Å². The van der Waals surface area contributed by atoms with Gasteiger partial charge in [-0.15, -0.1) is 0 Å². The number of rotatable bonds is 7. The minimum absolute atomic E-state index is 0.646. The molecular formula is C12H18ClNO. The summed E-state index contributed by atoms with van der Waals surface area (Å²) in [6, 6.07) is 7.78. The maximum Gasteiger partial charge on any atom is 0.0717 e. The minimum Gasteiger partial charge on any atom is -0.377 e. The van der Waals surface area contributed by atoms with Gasteiger partial charge in [0, 0.05) is 11.6 Å². The van der Waals surface area contributed by atoms with Crippen molar-refractivity contribution in [3.05, 3.63) is 34.9 Å². The van der Waals surface area contributed by atoms with Crippen LogP contribution in [0.1, 0.15) is 18.9 Å². The Kier molecular flexibility index (Phi) is 6.41. The maximum atomic E-state index is 5.86. The molecule has 2 nitrogen and oxygen atoms in total. The molecule has 0 aliphatic carbocycles. The van der Waals surface area contributed by atoms with Gasteiger partial charge in [0.1, 0.15) is 0 Å². The number of hydrogen-bond acceptors (Lipinski definition) is 2. The van der Waals surface area contributed by atoms with Gasteiger partial charge in [0.25, 0.3) is 0 Å². The minimum atomic E-state index is 0.646. The Labute approximate surface area is 96.6 Å². The third-order valence-corrected chi connectivity index (χ3v) is 2.29. The molecule has 0 fully saturated rings. The van der Waals surface area contributed by atoms with E-state index in [1.165, 1.54) is 0 Å². The first kappa shape index (κ1) is 12.5. The van der Waals surface area contributed by atoms with E-state index < -0.39 is 0 Å². The SMILES string of the molecule is CCNCCCOCc1cccc(Cl)c1.